The number of amidine groups is 1. The van der Waals surface area contributed by atoms with Gasteiger partial charge in [-0.05, 0) is 38.1 Å². The van der Waals surface area contributed by atoms with Gasteiger partial charge in [-0.1, -0.05) is 30.3 Å². The van der Waals surface area contributed by atoms with Gasteiger partial charge in [0.2, 0.25) is 0 Å². The Morgan fingerprint density at radius 3 is 2.19 bits per heavy atom. The van der Waals surface area contributed by atoms with E-state index in [1.807, 2.05) is 49.1 Å². The van der Waals surface area contributed by atoms with Crippen molar-refractivity contribution in [3.05, 3.63) is 66.0 Å². The molecule has 0 amide bonds. The third kappa shape index (κ3) is 4.28. The third-order valence-electron chi connectivity index (χ3n) is 4.07. The number of ether oxygens (including phenoxy) is 1. The van der Waals surface area contributed by atoms with Gasteiger partial charge in [0.05, 0.1) is 17.1 Å². The van der Waals surface area contributed by atoms with Crippen molar-refractivity contribution in [2.24, 2.45) is 4.40 Å². The zero-order chi connectivity index (χ0) is 18.7. The zero-order valence-electron chi connectivity index (χ0n) is 14.7. The lowest BCUT2D eigenvalue weighted by atomic mass is 10.1. The fraction of sp³-hybridized carbons (Fsp3) is 0.316. The lowest BCUT2D eigenvalue weighted by Crippen LogP contribution is -2.48. The molecule has 2 aromatic carbocycles. The smallest absolute Gasteiger partial charge is 0.284 e. The molecule has 7 heteroatoms. The number of hydrogen-bond donors (Lipinski definition) is 0. The molecule has 1 fully saturated rings. The fourth-order valence-corrected chi connectivity index (χ4v) is 4.04. The highest BCUT2D eigenvalue weighted by Gasteiger charge is 2.27. The zero-order valence-corrected chi connectivity index (χ0v) is 15.5. The maximum absolute atomic E-state index is 13.1. The number of nitrogens with zero attached hydrogens (tertiary/aromatic N) is 2. The van der Waals surface area contributed by atoms with Gasteiger partial charge in [-0.3, -0.25) is 0 Å². The quantitative estimate of drug-likeness (QED) is 0.610. The van der Waals surface area contributed by atoms with Gasteiger partial charge in [0, 0.05) is 18.7 Å². The van der Waals surface area contributed by atoms with Crippen LogP contribution in [0.2, 0.25) is 0 Å². The predicted octanol–water partition coefficient (Wildman–Crippen LogP) is 3.07. The van der Waals surface area contributed by atoms with Crippen molar-refractivity contribution in [3.63, 3.8) is 0 Å². The Bertz CT molecular complexity index is 873. The summed E-state index contributed by atoms with van der Waals surface area (Å²) in [5.74, 6) is -0.121. The first-order valence-electron chi connectivity index (χ1n) is 8.41. The van der Waals surface area contributed by atoms with Crippen LogP contribution in [0.4, 0.5) is 4.39 Å². The summed E-state index contributed by atoms with van der Waals surface area (Å²) in [6.45, 7) is 4.97. The molecule has 0 aliphatic carbocycles. The molecule has 1 heterocycles. The number of halogens is 1. The van der Waals surface area contributed by atoms with Gasteiger partial charge in [0.15, 0.2) is 0 Å². The minimum Gasteiger partial charge on any atom is -0.372 e. The van der Waals surface area contributed by atoms with Crippen molar-refractivity contribution in [2.45, 2.75) is 31.0 Å². The van der Waals surface area contributed by atoms with E-state index in [-0.39, 0.29) is 17.1 Å². The molecule has 2 aromatic rings. The van der Waals surface area contributed by atoms with Crippen LogP contribution < -0.4 is 0 Å². The van der Waals surface area contributed by atoms with E-state index < -0.39 is 15.8 Å². The molecule has 0 N–H and O–H groups in total. The molecule has 2 atom stereocenters. The van der Waals surface area contributed by atoms with Gasteiger partial charge in [0.25, 0.3) is 10.0 Å². The third-order valence-corrected chi connectivity index (χ3v) is 5.35. The standard InChI is InChI=1S/C19H21FN2O3S/c1-14-12-22(13-15(2)25-14)19(16-6-4-3-5-7-16)21-26(23,24)18-10-8-17(20)9-11-18/h3-11,14-15H,12-13H2,1-2H3. The van der Waals surface area contributed by atoms with Gasteiger partial charge in [-0.25, -0.2) is 4.39 Å². The van der Waals surface area contributed by atoms with Crippen LogP contribution in [0, 0.1) is 5.82 Å². The van der Waals surface area contributed by atoms with Gasteiger partial charge in [-0.2, -0.15) is 8.42 Å². The summed E-state index contributed by atoms with van der Waals surface area (Å²) >= 11 is 0. The van der Waals surface area contributed by atoms with E-state index in [0.717, 1.165) is 12.1 Å². The van der Waals surface area contributed by atoms with Crippen LogP contribution in [0.25, 0.3) is 0 Å². The lowest BCUT2D eigenvalue weighted by molar-refractivity contribution is -0.0478. The molecule has 1 saturated heterocycles. The highest BCUT2D eigenvalue weighted by molar-refractivity contribution is 7.90. The minimum absolute atomic E-state index is 0.0401. The summed E-state index contributed by atoms with van der Waals surface area (Å²) < 4.78 is 48.5. The molecule has 5 nitrogen and oxygen atoms in total. The van der Waals surface area contributed by atoms with E-state index in [2.05, 4.69) is 4.40 Å². The summed E-state index contributed by atoms with van der Waals surface area (Å²) in [5, 5.41) is 0. The predicted molar refractivity (Wildman–Crippen MR) is 98.1 cm³/mol. The van der Waals surface area contributed by atoms with Crippen LogP contribution in [0.5, 0.6) is 0 Å². The van der Waals surface area contributed by atoms with Gasteiger partial charge in [0.1, 0.15) is 11.7 Å². The number of hydrogen-bond acceptors (Lipinski definition) is 3. The lowest BCUT2D eigenvalue weighted by Gasteiger charge is -2.37. The van der Waals surface area contributed by atoms with Crippen LogP contribution in [0.15, 0.2) is 63.9 Å². The molecule has 0 bridgehead atoms. The van der Waals surface area contributed by atoms with Crippen LogP contribution in [0.3, 0.4) is 0 Å². The molecule has 0 saturated carbocycles. The Kier molecular flexibility index (Phi) is 5.38. The Hall–Kier alpha value is -2.25. The van der Waals surface area contributed by atoms with Crippen molar-refractivity contribution in [3.8, 4) is 0 Å². The molecule has 2 unspecified atom stereocenters. The normalized spacial score (nSPS) is 21.7. The van der Waals surface area contributed by atoms with Crippen molar-refractivity contribution >= 4 is 15.9 Å². The van der Waals surface area contributed by atoms with E-state index in [1.54, 1.807) is 0 Å². The first kappa shape index (κ1) is 18.5. The highest BCUT2D eigenvalue weighted by Crippen LogP contribution is 2.19. The van der Waals surface area contributed by atoms with Crippen LogP contribution in [-0.4, -0.2) is 44.5 Å². The van der Waals surface area contributed by atoms with Crippen molar-refractivity contribution < 1.29 is 17.5 Å². The second kappa shape index (κ2) is 7.55. The van der Waals surface area contributed by atoms with Gasteiger partial charge in [-0.15, -0.1) is 4.40 Å². The molecule has 0 radical (unpaired) electrons. The van der Waals surface area contributed by atoms with E-state index in [4.69, 9.17) is 4.74 Å². The molecule has 0 aromatic heterocycles. The summed E-state index contributed by atoms with van der Waals surface area (Å²) in [4.78, 5) is 1.89. The number of morpholine rings is 1. The summed E-state index contributed by atoms with van der Waals surface area (Å²) in [5.41, 5.74) is 0.708. The van der Waals surface area contributed by atoms with E-state index >= 15 is 0 Å². The Morgan fingerprint density at radius 1 is 1.04 bits per heavy atom. The highest BCUT2D eigenvalue weighted by atomic mass is 32.2. The first-order valence-corrected chi connectivity index (χ1v) is 9.85. The van der Waals surface area contributed by atoms with Crippen molar-refractivity contribution in [2.75, 3.05) is 13.1 Å². The van der Waals surface area contributed by atoms with Crippen molar-refractivity contribution in [1.82, 2.24) is 4.90 Å². The maximum Gasteiger partial charge on any atom is 0.284 e. The van der Waals surface area contributed by atoms with Gasteiger partial charge < -0.3 is 9.64 Å². The molecule has 26 heavy (non-hydrogen) atoms. The molecular formula is C19H21FN2O3S. The van der Waals surface area contributed by atoms with Crippen LogP contribution in [-0.2, 0) is 14.8 Å². The molecule has 0 spiro atoms. The summed E-state index contributed by atoms with van der Waals surface area (Å²) in [7, 11) is -3.97. The first-order chi connectivity index (χ1) is 12.3. The van der Waals surface area contributed by atoms with Gasteiger partial charge >= 0.3 is 0 Å². The largest absolute Gasteiger partial charge is 0.372 e. The topological polar surface area (TPSA) is 59.0 Å². The second-order valence-electron chi connectivity index (χ2n) is 6.37. The monoisotopic (exact) mass is 376 g/mol. The van der Waals surface area contributed by atoms with E-state index in [0.29, 0.717) is 24.5 Å². The Labute approximate surface area is 153 Å². The average Bonchev–Trinajstić information content (AvgIpc) is 2.60. The minimum atomic E-state index is -3.97. The Balaban J connectivity index is 2.05. The maximum atomic E-state index is 13.1. The molecule has 1 aliphatic rings. The number of sulfonamides is 1. The second-order valence-corrected chi connectivity index (χ2v) is 7.98. The SMILES string of the molecule is CC1CN(C(=NS(=O)(=O)c2ccc(F)cc2)c2ccccc2)CC(C)O1. The molecule has 1 aliphatic heterocycles. The van der Waals surface area contributed by atoms with Crippen LogP contribution >= 0.6 is 0 Å². The molecule has 3 rings (SSSR count). The average molecular weight is 376 g/mol. The van der Waals surface area contributed by atoms with E-state index in [9.17, 15) is 12.8 Å². The number of rotatable bonds is 3. The van der Waals surface area contributed by atoms with E-state index in [1.165, 1.54) is 12.1 Å². The molecule has 138 valence electrons. The summed E-state index contributed by atoms with van der Waals surface area (Å²) in [6.07, 6.45) is -0.0811. The number of benzene rings is 2. The van der Waals surface area contributed by atoms with Crippen molar-refractivity contribution in [1.29, 1.82) is 0 Å². The Morgan fingerprint density at radius 2 is 1.62 bits per heavy atom. The fourth-order valence-electron chi connectivity index (χ4n) is 3.00. The molecular weight excluding hydrogens is 355 g/mol. The summed E-state index contributed by atoms with van der Waals surface area (Å²) in [6, 6.07) is 13.9. The van der Waals surface area contributed by atoms with Crippen LogP contribution in [0.1, 0.15) is 19.4 Å².